The highest BCUT2D eigenvalue weighted by Gasteiger charge is 2.31. The molecule has 104 valence electrons. The molecule has 2 atom stereocenters. The van der Waals surface area contributed by atoms with Crippen LogP contribution in [0.5, 0.6) is 5.75 Å². The van der Waals surface area contributed by atoms with E-state index in [9.17, 15) is 0 Å². The van der Waals surface area contributed by atoms with Crippen LogP contribution < -0.4 is 10.1 Å². The second kappa shape index (κ2) is 4.88. The van der Waals surface area contributed by atoms with Crippen LogP contribution in [-0.4, -0.2) is 36.5 Å². The van der Waals surface area contributed by atoms with E-state index in [1.807, 2.05) is 24.3 Å². The first-order valence-corrected chi connectivity index (χ1v) is 6.78. The predicted molar refractivity (Wildman–Crippen MR) is 69.6 cm³/mol. The molecule has 1 saturated heterocycles. The molecule has 0 amide bonds. The molecule has 0 spiro atoms. The van der Waals surface area contributed by atoms with Crippen LogP contribution in [0.4, 0.5) is 0 Å². The van der Waals surface area contributed by atoms with E-state index < -0.39 is 0 Å². The van der Waals surface area contributed by atoms with Gasteiger partial charge in [0.25, 0.3) is 0 Å². The fourth-order valence-electron chi connectivity index (χ4n) is 2.63. The normalized spacial score (nSPS) is 25.2. The zero-order valence-electron chi connectivity index (χ0n) is 10.9. The van der Waals surface area contributed by atoms with Crippen LogP contribution >= 0.6 is 0 Å². The molecule has 1 aromatic carbocycles. The molecule has 2 aromatic rings. The van der Waals surface area contributed by atoms with Gasteiger partial charge in [-0.05, 0) is 6.07 Å². The van der Waals surface area contributed by atoms with Crippen LogP contribution in [0.15, 0.2) is 28.8 Å². The topological polar surface area (TPSA) is 69.4 Å². The van der Waals surface area contributed by atoms with Crippen LogP contribution in [0, 0.1) is 0 Å². The van der Waals surface area contributed by atoms with Crippen LogP contribution in [0.2, 0.25) is 0 Å². The van der Waals surface area contributed by atoms with Crippen molar-refractivity contribution in [2.45, 2.75) is 12.0 Å². The van der Waals surface area contributed by atoms with Gasteiger partial charge in [0.2, 0.25) is 5.89 Å². The summed E-state index contributed by atoms with van der Waals surface area (Å²) in [7, 11) is 0. The van der Waals surface area contributed by atoms with Gasteiger partial charge in [0.05, 0.1) is 19.1 Å². The first-order valence-electron chi connectivity index (χ1n) is 6.78. The van der Waals surface area contributed by atoms with Gasteiger partial charge in [-0.15, -0.1) is 0 Å². The number of aromatic nitrogens is 2. The van der Waals surface area contributed by atoms with Crippen LogP contribution in [0.1, 0.15) is 29.2 Å². The van der Waals surface area contributed by atoms with Crippen molar-refractivity contribution >= 4 is 0 Å². The van der Waals surface area contributed by atoms with Crippen molar-refractivity contribution in [2.24, 2.45) is 0 Å². The molecule has 1 aromatic heterocycles. The number of morpholine rings is 1. The minimum absolute atomic E-state index is 0.0115. The van der Waals surface area contributed by atoms with Gasteiger partial charge in [0.1, 0.15) is 18.4 Å². The van der Waals surface area contributed by atoms with E-state index in [0.717, 1.165) is 24.5 Å². The number of nitrogens with zero attached hydrogens (tertiary/aromatic N) is 2. The van der Waals surface area contributed by atoms with Crippen molar-refractivity contribution in [3.8, 4) is 5.75 Å². The zero-order chi connectivity index (χ0) is 13.4. The van der Waals surface area contributed by atoms with Crippen LogP contribution in [0.25, 0.3) is 0 Å². The summed E-state index contributed by atoms with van der Waals surface area (Å²) in [6.07, 6.45) is 0. The highest BCUT2D eigenvalue weighted by atomic mass is 16.5. The predicted octanol–water partition coefficient (Wildman–Crippen LogP) is 1.25. The van der Waals surface area contributed by atoms with Gasteiger partial charge in [-0.3, -0.25) is 0 Å². The summed E-state index contributed by atoms with van der Waals surface area (Å²) in [6, 6.07) is 7.96. The standard InChI is InChI=1S/C14H15N3O3/c1-2-4-12-9(3-1)10(7-19-12)13-16-14(20-17-13)11-8-18-6-5-15-11/h1-4,10-11,15H,5-8H2. The van der Waals surface area contributed by atoms with E-state index >= 15 is 0 Å². The van der Waals surface area contributed by atoms with Gasteiger partial charge < -0.3 is 19.3 Å². The number of nitrogens with one attached hydrogen (secondary N) is 1. The van der Waals surface area contributed by atoms with Gasteiger partial charge >= 0.3 is 0 Å². The maximum absolute atomic E-state index is 5.66. The third-order valence-corrected chi connectivity index (χ3v) is 3.69. The summed E-state index contributed by atoms with van der Waals surface area (Å²) in [5.41, 5.74) is 1.12. The molecular formula is C14H15N3O3. The molecule has 1 fully saturated rings. The number of para-hydroxylation sites is 1. The zero-order valence-corrected chi connectivity index (χ0v) is 10.9. The molecule has 3 heterocycles. The van der Waals surface area contributed by atoms with Crippen molar-refractivity contribution in [1.82, 2.24) is 15.5 Å². The van der Waals surface area contributed by atoms with Crippen molar-refractivity contribution in [2.75, 3.05) is 26.4 Å². The minimum Gasteiger partial charge on any atom is -0.492 e. The number of benzene rings is 1. The Balaban J connectivity index is 1.59. The molecule has 0 radical (unpaired) electrons. The van der Waals surface area contributed by atoms with Crippen molar-refractivity contribution in [3.05, 3.63) is 41.5 Å². The van der Waals surface area contributed by atoms with E-state index in [4.69, 9.17) is 14.0 Å². The highest BCUT2D eigenvalue weighted by Crippen LogP contribution is 2.36. The van der Waals surface area contributed by atoms with Crippen LogP contribution in [0.3, 0.4) is 0 Å². The van der Waals surface area contributed by atoms with Crippen molar-refractivity contribution in [3.63, 3.8) is 0 Å². The quantitative estimate of drug-likeness (QED) is 0.888. The molecule has 0 aliphatic carbocycles. The first kappa shape index (κ1) is 11.9. The summed E-state index contributed by atoms with van der Waals surface area (Å²) < 4.78 is 16.4. The Hall–Kier alpha value is -1.92. The first-order chi connectivity index (χ1) is 9.92. The van der Waals surface area contributed by atoms with Gasteiger partial charge in [0, 0.05) is 12.1 Å². The molecule has 2 aliphatic heterocycles. The lowest BCUT2D eigenvalue weighted by Gasteiger charge is -2.20. The molecule has 4 rings (SSSR count). The number of hydrogen-bond donors (Lipinski definition) is 1. The van der Waals surface area contributed by atoms with E-state index in [0.29, 0.717) is 24.9 Å². The maximum atomic E-state index is 5.66. The summed E-state index contributed by atoms with van der Waals surface area (Å²) in [6.45, 7) is 2.66. The number of ether oxygens (including phenoxy) is 2. The lowest BCUT2D eigenvalue weighted by Crippen LogP contribution is -2.34. The monoisotopic (exact) mass is 273 g/mol. The highest BCUT2D eigenvalue weighted by molar-refractivity contribution is 5.42. The summed E-state index contributed by atoms with van der Waals surface area (Å²) in [5, 5.41) is 7.42. The molecule has 6 nitrogen and oxygen atoms in total. The lowest BCUT2D eigenvalue weighted by molar-refractivity contribution is 0.0659. The van der Waals surface area contributed by atoms with Crippen LogP contribution in [-0.2, 0) is 4.74 Å². The summed E-state index contributed by atoms with van der Waals surface area (Å²) >= 11 is 0. The molecule has 20 heavy (non-hydrogen) atoms. The molecule has 0 saturated carbocycles. The Morgan fingerprint density at radius 3 is 3.05 bits per heavy atom. The average molecular weight is 273 g/mol. The van der Waals surface area contributed by atoms with E-state index in [2.05, 4.69) is 15.5 Å². The minimum atomic E-state index is -0.0115. The van der Waals surface area contributed by atoms with Gasteiger partial charge in [0.15, 0.2) is 5.82 Å². The maximum Gasteiger partial charge on any atom is 0.246 e. The number of hydrogen-bond acceptors (Lipinski definition) is 6. The van der Waals surface area contributed by atoms with Gasteiger partial charge in [-0.2, -0.15) is 4.98 Å². The number of fused-ring (bicyclic) bond motifs is 1. The van der Waals surface area contributed by atoms with Crippen molar-refractivity contribution in [1.29, 1.82) is 0 Å². The van der Waals surface area contributed by atoms with Gasteiger partial charge in [-0.1, -0.05) is 23.4 Å². The third-order valence-electron chi connectivity index (χ3n) is 3.69. The SMILES string of the molecule is c1ccc2c(c1)OCC2c1noc(C2COCCN2)n1. The Bertz CT molecular complexity index is 607. The van der Waals surface area contributed by atoms with Crippen molar-refractivity contribution < 1.29 is 14.0 Å². The summed E-state index contributed by atoms with van der Waals surface area (Å²) in [4.78, 5) is 4.51. The second-order valence-electron chi connectivity index (χ2n) is 4.97. The third kappa shape index (κ3) is 1.97. The molecule has 6 heteroatoms. The number of rotatable bonds is 2. The fraction of sp³-hybridized carbons (Fsp3) is 0.429. The van der Waals surface area contributed by atoms with E-state index in [1.54, 1.807) is 0 Å². The average Bonchev–Trinajstić information content (AvgIpc) is 3.14. The Labute approximate surface area is 116 Å². The summed E-state index contributed by atoms with van der Waals surface area (Å²) in [5.74, 6) is 2.22. The fourth-order valence-corrected chi connectivity index (χ4v) is 2.63. The van der Waals surface area contributed by atoms with E-state index in [1.165, 1.54) is 0 Å². The smallest absolute Gasteiger partial charge is 0.246 e. The molecule has 2 unspecified atom stereocenters. The van der Waals surface area contributed by atoms with E-state index in [-0.39, 0.29) is 12.0 Å². The Morgan fingerprint density at radius 1 is 1.20 bits per heavy atom. The molecule has 2 aliphatic rings. The Kier molecular flexibility index (Phi) is 2.90. The Morgan fingerprint density at radius 2 is 2.15 bits per heavy atom. The van der Waals surface area contributed by atoms with Gasteiger partial charge in [-0.25, -0.2) is 0 Å². The second-order valence-corrected chi connectivity index (χ2v) is 4.97. The molecule has 0 bridgehead atoms. The molecular weight excluding hydrogens is 258 g/mol. The lowest BCUT2D eigenvalue weighted by atomic mass is 10.0. The molecule has 1 N–H and O–H groups in total. The largest absolute Gasteiger partial charge is 0.492 e.